The predicted octanol–water partition coefficient (Wildman–Crippen LogP) is 1.77. The van der Waals surface area contributed by atoms with E-state index in [0.717, 1.165) is 37.2 Å². The molecule has 3 rings (SSSR count). The molecule has 2 aliphatic heterocycles. The summed E-state index contributed by atoms with van der Waals surface area (Å²) >= 11 is 6.50. The Morgan fingerprint density at radius 2 is 2.21 bits per heavy atom. The van der Waals surface area contributed by atoms with Gasteiger partial charge >= 0.3 is 0 Å². The molecule has 2 heterocycles. The minimum Gasteiger partial charge on any atom is -0.488 e. The number of rotatable bonds is 0. The van der Waals surface area contributed by atoms with Crippen molar-refractivity contribution >= 4 is 23.2 Å². The van der Waals surface area contributed by atoms with Crippen molar-refractivity contribution in [3.05, 3.63) is 22.2 Å². The van der Waals surface area contributed by atoms with Crippen LogP contribution in [0.15, 0.2) is 6.07 Å². The molecule has 0 radical (unpaired) electrons. The maximum atomic E-state index is 11.7. The summed E-state index contributed by atoms with van der Waals surface area (Å²) in [6.07, 6.45) is 1.85. The highest BCUT2D eigenvalue weighted by atomic mass is 35.5. The maximum Gasteiger partial charge on any atom is 0.224 e. The van der Waals surface area contributed by atoms with Gasteiger partial charge in [0.15, 0.2) is 5.75 Å². The van der Waals surface area contributed by atoms with E-state index in [-0.39, 0.29) is 5.91 Å². The molecule has 1 aromatic rings. The van der Waals surface area contributed by atoms with Gasteiger partial charge in [0.2, 0.25) is 5.91 Å². The van der Waals surface area contributed by atoms with E-state index in [1.807, 2.05) is 0 Å². The van der Waals surface area contributed by atoms with Crippen molar-refractivity contribution < 1.29 is 9.53 Å². The van der Waals surface area contributed by atoms with Gasteiger partial charge in [-0.2, -0.15) is 0 Å². The number of amides is 1. The van der Waals surface area contributed by atoms with Crippen LogP contribution in [0.4, 0.5) is 5.69 Å². The van der Waals surface area contributed by atoms with Crippen LogP contribution in [0, 0.1) is 0 Å². The average Bonchev–Trinajstić information content (AvgIpc) is 2.63. The minimum atomic E-state index is 0.0345. The number of hydrogen-bond donors (Lipinski definition) is 1. The Bertz CT molecular complexity index is 531. The Morgan fingerprint density at radius 1 is 1.42 bits per heavy atom. The fourth-order valence-electron chi connectivity index (χ4n) is 2.79. The highest BCUT2D eigenvalue weighted by Gasteiger charge is 2.27. The molecule has 102 valence electrons. The lowest BCUT2D eigenvalue weighted by Crippen LogP contribution is -2.36. The molecule has 1 N–H and O–H groups in total. The molecule has 5 heteroatoms. The van der Waals surface area contributed by atoms with Crippen molar-refractivity contribution in [3.63, 3.8) is 0 Å². The smallest absolute Gasteiger partial charge is 0.224 e. The van der Waals surface area contributed by atoms with Crippen LogP contribution in [0.5, 0.6) is 5.75 Å². The van der Waals surface area contributed by atoms with Gasteiger partial charge < -0.3 is 15.0 Å². The van der Waals surface area contributed by atoms with Gasteiger partial charge in [-0.15, -0.1) is 0 Å². The van der Waals surface area contributed by atoms with E-state index in [9.17, 15) is 4.79 Å². The van der Waals surface area contributed by atoms with Crippen molar-refractivity contribution in [2.75, 3.05) is 31.1 Å². The van der Waals surface area contributed by atoms with Crippen LogP contribution in [0.1, 0.15) is 18.1 Å². The van der Waals surface area contributed by atoms with E-state index in [2.05, 4.69) is 11.4 Å². The van der Waals surface area contributed by atoms with Crippen LogP contribution < -0.4 is 15.0 Å². The van der Waals surface area contributed by atoms with Gasteiger partial charge in [-0.05, 0) is 43.1 Å². The van der Waals surface area contributed by atoms with Gasteiger partial charge in [-0.3, -0.25) is 4.79 Å². The van der Waals surface area contributed by atoms with Gasteiger partial charge in [0.25, 0.3) is 0 Å². The van der Waals surface area contributed by atoms with Crippen LogP contribution >= 0.6 is 11.6 Å². The molecule has 0 atom stereocenters. The molecular formula is C14H17ClN2O2. The molecule has 0 bridgehead atoms. The lowest BCUT2D eigenvalue weighted by Gasteiger charge is -2.30. The number of hydrogen-bond acceptors (Lipinski definition) is 3. The molecule has 0 saturated carbocycles. The van der Waals surface area contributed by atoms with Gasteiger partial charge in [0, 0.05) is 6.92 Å². The number of carbonyl (C=O) groups excluding carboxylic acids is 1. The quantitative estimate of drug-likeness (QED) is 0.788. The molecule has 0 saturated heterocycles. The van der Waals surface area contributed by atoms with Gasteiger partial charge in [-0.25, -0.2) is 0 Å². The fraction of sp³-hybridized carbons (Fsp3) is 0.500. The number of halogens is 1. The standard InChI is InChI=1S/C14H17ClN2O2/c1-9(18)17-6-7-19-14-12(17)8-10-2-4-16-5-3-11(10)13(14)15/h8,16H,2-7H2,1H3. The number of nitrogens with zero attached hydrogens (tertiary/aromatic N) is 1. The van der Waals surface area contributed by atoms with Crippen molar-refractivity contribution in [3.8, 4) is 5.75 Å². The Balaban J connectivity index is 2.14. The third-order valence-corrected chi connectivity index (χ3v) is 4.15. The van der Waals surface area contributed by atoms with Crippen molar-refractivity contribution in [1.29, 1.82) is 0 Å². The molecule has 0 aliphatic carbocycles. The molecule has 1 amide bonds. The van der Waals surface area contributed by atoms with E-state index in [1.165, 1.54) is 5.56 Å². The lowest BCUT2D eigenvalue weighted by atomic mass is 10.00. The molecule has 19 heavy (non-hydrogen) atoms. The first kappa shape index (κ1) is 12.8. The second kappa shape index (κ2) is 5.02. The van der Waals surface area contributed by atoms with E-state index in [1.54, 1.807) is 11.8 Å². The van der Waals surface area contributed by atoms with Gasteiger partial charge in [0.1, 0.15) is 6.61 Å². The number of carbonyl (C=O) groups is 1. The molecule has 0 fully saturated rings. The molecule has 4 nitrogen and oxygen atoms in total. The van der Waals surface area contributed by atoms with E-state index in [0.29, 0.717) is 23.9 Å². The summed E-state index contributed by atoms with van der Waals surface area (Å²) in [5.41, 5.74) is 3.21. The Kier molecular flexibility index (Phi) is 3.37. The first-order chi connectivity index (χ1) is 9.18. The topological polar surface area (TPSA) is 41.6 Å². The second-order valence-electron chi connectivity index (χ2n) is 4.95. The summed E-state index contributed by atoms with van der Waals surface area (Å²) in [6, 6.07) is 2.07. The lowest BCUT2D eigenvalue weighted by molar-refractivity contribution is -0.116. The maximum absolute atomic E-state index is 11.7. The summed E-state index contributed by atoms with van der Waals surface area (Å²) < 4.78 is 5.70. The molecule has 0 spiro atoms. The van der Waals surface area contributed by atoms with Gasteiger partial charge in [-0.1, -0.05) is 11.6 Å². The number of nitrogens with one attached hydrogen (secondary N) is 1. The molecular weight excluding hydrogens is 264 g/mol. The molecule has 0 aromatic heterocycles. The summed E-state index contributed by atoms with van der Waals surface area (Å²) in [5.74, 6) is 0.705. The first-order valence-corrected chi connectivity index (χ1v) is 7.02. The normalized spacial score (nSPS) is 18.1. The van der Waals surface area contributed by atoms with E-state index >= 15 is 0 Å². The third kappa shape index (κ3) is 2.19. The Hall–Kier alpha value is -1.26. The molecule has 2 aliphatic rings. The number of benzene rings is 1. The van der Waals surface area contributed by atoms with Crippen LogP contribution in [0.3, 0.4) is 0 Å². The monoisotopic (exact) mass is 280 g/mol. The first-order valence-electron chi connectivity index (χ1n) is 6.64. The highest BCUT2D eigenvalue weighted by Crippen LogP contribution is 2.42. The summed E-state index contributed by atoms with van der Waals surface area (Å²) in [6.45, 7) is 4.56. The zero-order valence-corrected chi connectivity index (χ0v) is 11.7. The van der Waals surface area contributed by atoms with Crippen molar-refractivity contribution in [1.82, 2.24) is 5.32 Å². The minimum absolute atomic E-state index is 0.0345. The highest BCUT2D eigenvalue weighted by molar-refractivity contribution is 6.33. The third-order valence-electron chi connectivity index (χ3n) is 3.75. The van der Waals surface area contributed by atoms with Crippen molar-refractivity contribution in [2.24, 2.45) is 0 Å². The number of ether oxygens (including phenoxy) is 1. The number of fused-ring (bicyclic) bond motifs is 2. The SMILES string of the molecule is CC(=O)N1CCOc2c1cc1c(c2Cl)CCNCC1. The zero-order chi connectivity index (χ0) is 13.4. The van der Waals surface area contributed by atoms with Gasteiger partial charge in [0.05, 0.1) is 17.3 Å². The number of anilines is 1. The van der Waals surface area contributed by atoms with E-state index < -0.39 is 0 Å². The van der Waals surface area contributed by atoms with Crippen molar-refractivity contribution in [2.45, 2.75) is 19.8 Å². The Morgan fingerprint density at radius 3 is 3.00 bits per heavy atom. The van der Waals surface area contributed by atoms with Crippen LogP contribution in [-0.4, -0.2) is 32.1 Å². The zero-order valence-electron chi connectivity index (χ0n) is 11.0. The summed E-state index contributed by atoms with van der Waals surface area (Å²) in [7, 11) is 0. The molecule has 0 unspecified atom stereocenters. The molecule has 1 aromatic carbocycles. The van der Waals surface area contributed by atoms with Crippen LogP contribution in [0.2, 0.25) is 5.02 Å². The van der Waals surface area contributed by atoms with Crippen LogP contribution in [0.25, 0.3) is 0 Å². The van der Waals surface area contributed by atoms with E-state index in [4.69, 9.17) is 16.3 Å². The summed E-state index contributed by atoms with van der Waals surface area (Å²) in [5, 5.41) is 4.05. The average molecular weight is 281 g/mol. The predicted molar refractivity (Wildman–Crippen MR) is 75.3 cm³/mol. The van der Waals surface area contributed by atoms with Crippen LogP contribution in [-0.2, 0) is 17.6 Å². The Labute approximate surface area is 117 Å². The fourth-order valence-corrected chi connectivity index (χ4v) is 3.15. The summed E-state index contributed by atoms with van der Waals surface area (Å²) in [4.78, 5) is 13.5. The largest absolute Gasteiger partial charge is 0.488 e. The second-order valence-corrected chi connectivity index (χ2v) is 5.32.